The number of carbonyl (C=O) groups is 1. The van der Waals surface area contributed by atoms with Crippen LogP contribution in [0.1, 0.15) is 25.7 Å². The Labute approximate surface area is 109 Å². The topological polar surface area (TPSA) is 53.6 Å². The van der Waals surface area contributed by atoms with Gasteiger partial charge in [0.2, 0.25) is 5.91 Å². The maximum absolute atomic E-state index is 11.7. The molecule has 5 heteroatoms. The zero-order valence-corrected chi connectivity index (χ0v) is 11.3. The lowest BCUT2D eigenvalue weighted by Gasteiger charge is -2.30. The smallest absolute Gasteiger partial charge is 0.234 e. The number of hydrogen-bond acceptors (Lipinski definition) is 4. The molecule has 18 heavy (non-hydrogen) atoms. The third-order valence-electron chi connectivity index (χ3n) is 3.78. The lowest BCUT2D eigenvalue weighted by atomic mass is 10.2. The van der Waals surface area contributed by atoms with E-state index in [2.05, 4.69) is 22.6 Å². The van der Waals surface area contributed by atoms with Gasteiger partial charge in [-0.25, -0.2) is 0 Å². The normalized spacial score (nSPS) is 26.4. The summed E-state index contributed by atoms with van der Waals surface area (Å²) >= 11 is 0. The van der Waals surface area contributed by atoms with Crippen LogP contribution in [0.4, 0.5) is 0 Å². The van der Waals surface area contributed by atoms with E-state index in [0.717, 1.165) is 19.7 Å². The maximum atomic E-state index is 11.7. The Hall–Kier alpha value is -0.650. The molecule has 1 aliphatic carbocycles. The van der Waals surface area contributed by atoms with Gasteiger partial charge >= 0.3 is 0 Å². The molecule has 104 valence electrons. The first-order valence-electron chi connectivity index (χ1n) is 7.04. The van der Waals surface area contributed by atoms with Crippen LogP contribution in [0.5, 0.6) is 0 Å². The molecule has 1 saturated carbocycles. The molecule has 2 rings (SSSR count). The van der Waals surface area contributed by atoms with Crippen LogP contribution in [0.2, 0.25) is 0 Å². The Balaban J connectivity index is 1.56. The zero-order chi connectivity index (χ0) is 12.8. The van der Waals surface area contributed by atoms with Gasteiger partial charge in [-0.1, -0.05) is 12.8 Å². The molecule has 1 atom stereocenters. The quantitative estimate of drug-likeness (QED) is 0.724. The molecule has 2 N–H and O–H groups in total. The monoisotopic (exact) mass is 255 g/mol. The number of carbonyl (C=O) groups excluding carboxylic acids is 1. The summed E-state index contributed by atoms with van der Waals surface area (Å²) in [6.07, 6.45) is 5.15. The fourth-order valence-corrected chi connectivity index (χ4v) is 2.65. The van der Waals surface area contributed by atoms with Crippen molar-refractivity contribution in [3.05, 3.63) is 0 Å². The van der Waals surface area contributed by atoms with E-state index in [9.17, 15) is 4.79 Å². The summed E-state index contributed by atoms with van der Waals surface area (Å²) < 4.78 is 5.60. The summed E-state index contributed by atoms with van der Waals surface area (Å²) in [4.78, 5) is 13.9. The van der Waals surface area contributed by atoms with E-state index in [1.165, 1.54) is 25.7 Å². The van der Waals surface area contributed by atoms with Gasteiger partial charge in [-0.15, -0.1) is 0 Å². The summed E-state index contributed by atoms with van der Waals surface area (Å²) in [6, 6.07) is 0.549. The molecule has 1 unspecified atom stereocenters. The molecule has 0 aromatic rings. The average molecular weight is 255 g/mol. The largest absolute Gasteiger partial charge is 0.374 e. The van der Waals surface area contributed by atoms with Gasteiger partial charge in [0, 0.05) is 25.7 Å². The highest BCUT2D eigenvalue weighted by atomic mass is 16.5. The van der Waals surface area contributed by atoms with Crippen LogP contribution in [-0.2, 0) is 9.53 Å². The van der Waals surface area contributed by atoms with Gasteiger partial charge in [0.25, 0.3) is 0 Å². The Bertz CT molecular complexity index is 267. The van der Waals surface area contributed by atoms with Gasteiger partial charge in [-0.2, -0.15) is 0 Å². The van der Waals surface area contributed by atoms with E-state index in [1.807, 2.05) is 0 Å². The van der Waals surface area contributed by atoms with Crippen LogP contribution in [0.15, 0.2) is 0 Å². The number of ether oxygens (including phenoxy) is 1. The Morgan fingerprint density at radius 2 is 2.17 bits per heavy atom. The fourth-order valence-electron chi connectivity index (χ4n) is 2.65. The number of nitrogens with one attached hydrogen (secondary N) is 2. The average Bonchev–Trinajstić information content (AvgIpc) is 2.87. The Kier molecular flexibility index (Phi) is 5.41. The molecule has 0 aromatic carbocycles. The van der Waals surface area contributed by atoms with E-state index in [4.69, 9.17) is 4.74 Å². The van der Waals surface area contributed by atoms with Crippen LogP contribution in [0.25, 0.3) is 0 Å². The number of rotatable bonds is 5. The van der Waals surface area contributed by atoms with Crippen molar-refractivity contribution in [1.29, 1.82) is 0 Å². The minimum atomic E-state index is 0.0822. The third-order valence-corrected chi connectivity index (χ3v) is 3.78. The SMILES string of the molecule is CN1CCOC(CNC(=O)CNC2CCCC2)C1. The van der Waals surface area contributed by atoms with Gasteiger partial charge in [0.15, 0.2) is 0 Å². The van der Waals surface area contributed by atoms with Gasteiger partial charge in [0.1, 0.15) is 0 Å². The van der Waals surface area contributed by atoms with Crippen molar-refractivity contribution in [1.82, 2.24) is 15.5 Å². The van der Waals surface area contributed by atoms with Crippen molar-refractivity contribution in [2.75, 3.05) is 39.8 Å². The second-order valence-corrected chi connectivity index (χ2v) is 5.42. The summed E-state index contributed by atoms with van der Waals surface area (Å²) in [5.74, 6) is 0.0822. The van der Waals surface area contributed by atoms with Crippen LogP contribution < -0.4 is 10.6 Å². The first kappa shape index (κ1) is 13.8. The van der Waals surface area contributed by atoms with E-state index in [-0.39, 0.29) is 12.0 Å². The number of nitrogens with zero attached hydrogens (tertiary/aromatic N) is 1. The summed E-state index contributed by atoms with van der Waals surface area (Å²) in [6.45, 7) is 3.70. The number of hydrogen-bond donors (Lipinski definition) is 2. The van der Waals surface area contributed by atoms with Gasteiger partial charge in [-0.05, 0) is 19.9 Å². The first-order chi connectivity index (χ1) is 8.74. The lowest BCUT2D eigenvalue weighted by molar-refractivity contribution is -0.121. The highest BCUT2D eigenvalue weighted by Gasteiger charge is 2.19. The summed E-state index contributed by atoms with van der Waals surface area (Å²) in [7, 11) is 2.08. The van der Waals surface area contributed by atoms with Crippen LogP contribution in [0.3, 0.4) is 0 Å². The molecule has 1 amide bonds. The molecule has 0 radical (unpaired) electrons. The van der Waals surface area contributed by atoms with E-state index in [1.54, 1.807) is 0 Å². The Morgan fingerprint density at radius 3 is 2.89 bits per heavy atom. The highest BCUT2D eigenvalue weighted by Crippen LogP contribution is 2.17. The minimum absolute atomic E-state index is 0.0822. The molecule has 5 nitrogen and oxygen atoms in total. The van der Waals surface area contributed by atoms with E-state index >= 15 is 0 Å². The molecule has 0 aromatic heterocycles. The summed E-state index contributed by atoms with van der Waals surface area (Å²) in [5, 5.41) is 6.26. The van der Waals surface area contributed by atoms with Crippen molar-refractivity contribution < 1.29 is 9.53 Å². The van der Waals surface area contributed by atoms with Gasteiger partial charge in [0.05, 0.1) is 19.3 Å². The van der Waals surface area contributed by atoms with Gasteiger partial charge < -0.3 is 20.3 Å². The van der Waals surface area contributed by atoms with Crippen LogP contribution in [-0.4, -0.2) is 62.8 Å². The molecular weight excluding hydrogens is 230 g/mol. The molecular formula is C13H25N3O2. The second kappa shape index (κ2) is 7.07. The standard InChI is InChI=1S/C13H25N3O2/c1-16-6-7-18-12(10-16)8-15-13(17)9-14-11-4-2-3-5-11/h11-12,14H,2-10H2,1H3,(H,15,17). The maximum Gasteiger partial charge on any atom is 0.234 e. The van der Waals surface area contributed by atoms with Crippen molar-refractivity contribution in [3.63, 3.8) is 0 Å². The fraction of sp³-hybridized carbons (Fsp3) is 0.923. The molecule has 1 aliphatic heterocycles. The number of amides is 1. The number of likely N-dealkylation sites (N-methyl/N-ethyl adjacent to an activating group) is 1. The molecule has 2 aliphatic rings. The molecule has 1 saturated heterocycles. The zero-order valence-electron chi connectivity index (χ0n) is 11.3. The first-order valence-corrected chi connectivity index (χ1v) is 7.04. The van der Waals surface area contributed by atoms with Crippen molar-refractivity contribution in [3.8, 4) is 0 Å². The van der Waals surface area contributed by atoms with E-state index in [0.29, 0.717) is 19.1 Å². The Morgan fingerprint density at radius 1 is 1.39 bits per heavy atom. The summed E-state index contributed by atoms with van der Waals surface area (Å²) in [5.41, 5.74) is 0. The predicted molar refractivity (Wildman–Crippen MR) is 70.5 cm³/mol. The molecule has 2 fully saturated rings. The van der Waals surface area contributed by atoms with Crippen LogP contribution in [0, 0.1) is 0 Å². The highest BCUT2D eigenvalue weighted by molar-refractivity contribution is 5.78. The minimum Gasteiger partial charge on any atom is -0.374 e. The van der Waals surface area contributed by atoms with Crippen molar-refractivity contribution in [2.24, 2.45) is 0 Å². The molecule has 0 bridgehead atoms. The molecule has 0 spiro atoms. The van der Waals surface area contributed by atoms with E-state index < -0.39 is 0 Å². The lowest BCUT2D eigenvalue weighted by Crippen LogP contribution is -2.47. The van der Waals surface area contributed by atoms with Crippen molar-refractivity contribution >= 4 is 5.91 Å². The van der Waals surface area contributed by atoms with Crippen LogP contribution >= 0.6 is 0 Å². The predicted octanol–water partition coefficient (Wildman–Crippen LogP) is -0.0346. The van der Waals surface area contributed by atoms with Crippen molar-refractivity contribution in [2.45, 2.75) is 37.8 Å². The van der Waals surface area contributed by atoms with Gasteiger partial charge in [-0.3, -0.25) is 4.79 Å². The molecule has 1 heterocycles. The number of morpholine rings is 1. The third kappa shape index (κ3) is 4.55. The second-order valence-electron chi connectivity index (χ2n) is 5.42.